The molecule has 1 amide bonds. The Bertz CT molecular complexity index is 681. The average molecular weight is 276 g/mol. The van der Waals surface area contributed by atoms with Gasteiger partial charge in [-0.2, -0.15) is 5.12 Å². The molecule has 2 heterocycles. The number of halogens is 2. The number of imidazole rings is 1. The van der Waals surface area contributed by atoms with E-state index < -0.39 is 11.7 Å². The Balaban J connectivity index is 1.84. The van der Waals surface area contributed by atoms with Crippen molar-refractivity contribution in [2.45, 2.75) is 6.67 Å². The molecule has 1 aromatic carbocycles. The van der Waals surface area contributed by atoms with Crippen molar-refractivity contribution in [2.24, 2.45) is 0 Å². The van der Waals surface area contributed by atoms with Crippen LogP contribution >= 0.6 is 0 Å². The average Bonchev–Trinajstić information content (AvgIpc) is 2.84. The summed E-state index contributed by atoms with van der Waals surface area (Å²) < 4.78 is 27.8. The molecule has 5 nitrogen and oxygen atoms in total. The second kappa shape index (κ2) is 4.76. The molecule has 7 heteroatoms. The molecule has 0 radical (unpaired) electrons. The Hall–Kier alpha value is -2.70. The first kappa shape index (κ1) is 12.3. The summed E-state index contributed by atoms with van der Waals surface area (Å²) in [7, 11) is 0. The molecule has 102 valence electrons. The number of hydrogen-bond acceptors (Lipinski definition) is 3. The number of fused-ring (bicyclic) bond motifs is 1. The van der Waals surface area contributed by atoms with E-state index in [4.69, 9.17) is 0 Å². The first-order chi connectivity index (χ1) is 9.63. The van der Waals surface area contributed by atoms with Gasteiger partial charge >= 0.3 is 0 Å². The Kier molecular flexibility index (Phi) is 2.94. The molecule has 0 aliphatic carbocycles. The minimum Gasteiger partial charge on any atom is -0.321 e. The highest BCUT2D eigenvalue weighted by Gasteiger charge is 2.22. The zero-order valence-electron chi connectivity index (χ0n) is 10.3. The molecule has 0 saturated carbocycles. The van der Waals surface area contributed by atoms with Crippen LogP contribution < -0.4 is 5.32 Å². The number of rotatable bonds is 2. The number of benzene rings is 1. The van der Waals surface area contributed by atoms with Gasteiger partial charge in [0.25, 0.3) is 5.91 Å². The maximum Gasteiger partial charge on any atom is 0.275 e. The van der Waals surface area contributed by atoms with E-state index in [9.17, 15) is 13.7 Å². The summed E-state index contributed by atoms with van der Waals surface area (Å²) in [6.07, 6.45) is 2.01. The summed E-state index contributed by atoms with van der Waals surface area (Å²) in [5.74, 6) is -1.36. The van der Waals surface area contributed by atoms with Crippen molar-refractivity contribution in [2.75, 3.05) is 5.32 Å². The third-order valence-corrected chi connectivity index (χ3v) is 2.80. The van der Waals surface area contributed by atoms with Gasteiger partial charge in [0, 0.05) is 11.9 Å². The van der Waals surface area contributed by atoms with E-state index >= 15 is 0 Å². The third kappa shape index (κ3) is 2.25. The minimum absolute atomic E-state index is 0.0303. The molecule has 0 saturated heterocycles. The molecule has 0 bridgehead atoms. The molecule has 1 aliphatic rings. The van der Waals surface area contributed by atoms with Crippen LogP contribution in [0, 0.1) is 0 Å². The van der Waals surface area contributed by atoms with Crippen LogP contribution in [-0.4, -0.2) is 20.6 Å². The highest BCUT2D eigenvalue weighted by Crippen LogP contribution is 2.22. The molecule has 0 atom stereocenters. The van der Waals surface area contributed by atoms with Crippen LogP contribution in [0.2, 0.25) is 0 Å². The van der Waals surface area contributed by atoms with Crippen molar-refractivity contribution >= 4 is 17.4 Å². The van der Waals surface area contributed by atoms with Gasteiger partial charge in [0.1, 0.15) is 12.4 Å². The van der Waals surface area contributed by atoms with Gasteiger partial charge in [-0.25, -0.2) is 9.37 Å². The fraction of sp³-hybridized carbons (Fsp3) is 0.0769. The molecule has 1 aliphatic heterocycles. The molecule has 20 heavy (non-hydrogen) atoms. The van der Waals surface area contributed by atoms with Gasteiger partial charge in [0.2, 0.25) is 0 Å². The molecular formula is C13H10F2N4O. The molecule has 2 aromatic rings. The smallest absolute Gasteiger partial charge is 0.275 e. The second-order valence-corrected chi connectivity index (χ2v) is 4.26. The summed E-state index contributed by atoms with van der Waals surface area (Å²) in [6, 6.07) is 8.81. The van der Waals surface area contributed by atoms with Crippen molar-refractivity contribution in [3.05, 3.63) is 54.2 Å². The largest absolute Gasteiger partial charge is 0.321 e. The molecule has 0 spiro atoms. The van der Waals surface area contributed by atoms with Gasteiger partial charge in [0.05, 0.1) is 6.20 Å². The zero-order valence-corrected chi connectivity index (χ0v) is 10.3. The summed E-state index contributed by atoms with van der Waals surface area (Å²) in [6.45, 7) is -0.200. The van der Waals surface area contributed by atoms with Gasteiger partial charge in [0.15, 0.2) is 11.7 Å². The van der Waals surface area contributed by atoms with E-state index in [2.05, 4.69) is 10.3 Å². The van der Waals surface area contributed by atoms with Gasteiger partial charge in [-0.1, -0.05) is 22.7 Å². The monoisotopic (exact) mass is 276 g/mol. The summed E-state index contributed by atoms with van der Waals surface area (Å²) >= 11 is 0. The maximum atomic E-state index is 13.5. The maximum absolute atomic E-state index is 13.5. The number of hydrogen-bond donors (Lipinski definition) is 1. The number of nitrogens with one attached hydrogen (secondary N) is 1. The van der Waals surface area contributed by atoms with Gasteiger partial charge < -0.3 is 9.88 Å². The van der Waals surface area contributed by atoms with Crippen molar-refractivity contribution in [3.8, 4) is 0 Å². The highest BCUT2D eigenvalue weighted by molar-refractivity contribution is 6.02. The molecular weight excluding hydrogens is 266 g/mol. The third-order valence-electron chi connectivity index (χ3n) is 2.80. The number of anilines is 1. The standard InChI is InChI=1S/C13H10F2N4O/c14-10-6-19(15)8-18-7-11(17-12(10)18)13(20)16-9-4-2-1-3-5-9/h1-7H,8H2,(H,16,20). The van der Waals surface area contributed by atoms with Crippen molar-refractivity contribution in [3.63, 3.8) is 0 Å². The van der Waals surface area contributed by atoms with E-state index in [0.29, 0.717) is 11.9 Å². The number of carbonyl (C=O) groups is 1. The molecule has 3 rings (SSSR count). The highest BCUT2D eigenvalue weighted by atomic mass is 19.2. The van der Waals surface area contributed by atoms with Crippen molar-refractivity contribution in [1.29, 1.82) is 0 Å². The molecule has 0 fully saturated rings. The second-order valence-electron chi connectivity index (χ2n) is 4.26. The van der Waals surface area contributed by atoms with Crippen LogP contribution in [0.5, 0.6) is 0 Å². The van der Waals surface area contributed by atoms with E-state index in [1.165, 1.54) is 10.8 Å². The van der Waals surface area contributed by atoms with Crippen molar-refractivity contribution < 1.29 is 13.7 Å². The fourth-order valence-corrected chi connectivity index (χ4v) is 1.91. The van der Waals surface area contributed by atoms with Crippen LogP contribution in [-0.2, 0) is 6.67 Å². The predicted molar refractivity (Wildman–Crippen MR) is 68.7 cm³/mol. The Morgan fingerprint density at radius 2 is 2.05 bits per heavy atom. The van der Waals surface area contributed by atoms with Gasteiger partial charge in [-0.15, -0.1) is 0 Å². The summed E-state index contributed by atoms with van der Waals surface area (Å²) in [5.41, 5.74) is 0.634. The number of amides is 1. The van der Waals surface area contributed by atoms with Crippen LogP contribution in [0.25, 0.3) is 5.83 Å². The lowest BCUT2D eigenvalue weighted by Gasteiger charge is -2.16. The molecule has 1 N–H and O–H groups in total. The van der Waals surface area contributed by atoms with E-state index in [1.54, 1.807) is 24.3 Å². The number of carbonyl (C=O) groups excluding carboxylic acids is 1. The number of nitrogens with zero attached hydrogens (tertiary/aromatic N) is 3. The lowest BCUT2D eigenvalue weighted by atomic mass is 10.3. The van der Waals surface area contributed by atoms with Gasteiger partial charge in [-0.05, 0) is 12.1 Å². The lowest BCUT2D eigenvalue weighted by Crippen LogP contribution is -2.18. The van der Waals surface area contributed by atoms with Crippen LogP contribution in [0.3, 0.4) is 0 Å². The summed E-state index contributed by atoms with van der Waals surface area (Å²) in [5, 5.41) is 2.81. The quantitative estimate of drug-likeness (QED) is 0.858. The van der Waals surface area contributed by atoms with Crippen LogP contribution in [0.1, 0.15) is 16.3 Å². The number of para-hydroxylation sites is 1. The number of aromatic nitrogens is 2. The molecule has 1 aromatic heterocycles. The lowest BCUT2D eigenvalue weighted by molar-refractivity contribution is 0.0463. The molecule has 0 unspecified atom stereocenters. The van der Waals surface area contributed by atoms with Crippen LogP contribution in [0.15, 0.2) is 42.7 Å². The normalized spacial score (nSPS) is 13.7. The topological polar surface area (TPSA) is 50.2 Å². The predicted octanol–water partition coefficient (Wildman–Crippen LogP) is 2.56. The Morgan fingerprint density at radius 3 is 2.80 bits per heavy atom. The summed E-state index contributed by atoms with van der Waals surface area (Å²) in [4.78, 5) is 15.9. The van der Waals surface area contributed by atoms with E-state index in [1.807, 2.05) is 6.07 Å². The SMILES string of the molecule is O=C(Nc1ccccc1)c1cn2c(n1)C(F)=CN(F)C2. The van der Waals surface area contributed by atoms with Crippen LogP contribution in [0.4, 0.5) is 14.6 Å². The first-order valence-electron chi connectivity index (χ1n) is 5.87. The Morgan fingerprint density at radius 1 is 1.30 bits per heavy atom. The van der Waals surface area contributed by atoms with E-state index in [-0.39, 0.29) is 23.3 Å². The van der Waals surface area contributed by atoms with E-state index in [0.717, 1.165) is 0 Å². The zero-order chi connectivity index (χ0) is 14.1. The fourth-order valence-electron chi connectivity index (χ4n) is 1.91. The Labute approximate surface area is 113 Å². The van der Waals surface area contributed by atoms with Crippen molar-refractivity contribution in [1.82, 2.24) is 14.7 Å². The van der Waals surface area contributed by atoms with Gasteiger partial charge in [-0.3, -0.25) is 4.79 Å². The first-order valence-corrected chi connectivity index (χ1v) is 5.87. The minimum atomic E-state index is -0.822.